The normalized spacial score (nSPS) is 27.4. The van der Waals surface area contributed by atoms with Crippen molar-refractivity contribution in [2.45, 2.75) is 51.2 Å². The van der Waals surface area contributed by atoms with Crippen molar-refractivity contribution in [1.29, 1.82) is 0 Å². The summed E-state index contributed by atoms with van der Waals surface area (Å²) < 4.78 is 11.5. The number of benzene rings is 1. The van der Waals surface area contributed by atoms with Crippen molar-refractivity contribution >= 4 is 0 Å². The number of hydrazine groups is 1. The molecule has 1 saturated carbocycles. The molecule has 1 aliphatic carbocycles. The molecular formula is C17H28N2O2. The van der Waals surface area contributed by atoms with Gasteiger partial charge in [-0.3, -0.25) is 5.84 Å². The van der Waals surface area contributed by atoms with Gasteiger partial charge in [0.15, 0.2) is 0 Å². The zero-order valence-electron chi connectivity index (χ0n) is 13.6. The van der Waals surface area contributed by atoms with Gasteiger partial charge < -0.3 is 9.47 Å². The van der Waals surface area contributed by atoms with Crippen LogP contribution >= 0.6 is 0 Å². The van der Waals surface area contributed by atoms with E-state index in [9.17, 15) is 0 Å². The van der Waals surface area contributed by atoms with Crippen molar-refractivity contribution < 1.29 is 9.47 Å². The van der Waals surface area contributed by atoms with E-state index >= 15 is 0 Å². The maximum atomic E-state index is 5.98. The van der Waals surface area contributed by atoms with E-state index in [0.717, 1.165) is 30.1 Å². The van der Waals surface area contributed by atoms with Crippen LogP contribution in [0.3, 0.4) is 0 Å². The number of aryl methyl sites for hydroxylation is 1. The molecule has 3 N–H and O–H groups in total. The highest BCUT2D eigenvalue weighted by molar-refractivity contribution is 5.40. The van der Waals surface area contributed by atoms with Crippen LogP contribution in [0.5, 0.6) is 5.75 Å². The number of methoxy groups -OCH3 is 2. The van der Waals surface area contributed by atoms with Crippen LogP contribution in [-0.2, 0) is 4.74 Å². The average molecular weight is 292 g/mol. The van der Waals surface area contributed by atoms with Crippen LogP contribution in [-0.4, -0.2) is 19.8 Å². The molecule has 2 rings (SSSR count). The third-order valence-electron chi connectivity index (χ3n) is 4.92. The van der Waals surface area contributed by atoms with Crippen LogP contribution in [0.1, 0.15) is 49.8 Å². The van der Waals surface area contributed by atoms with Gasteiger partial charge in [0, 0.05) is 12.7 Å². The van der Waals surface area contributed by atoms with Gasteiger partial charge in [0.25, 0.3) is 0 Å². The van der Waals surface area contributed by atoms with Gasteiger partial charge in [-0.05, 0) is 44.6 Å². The fourth-order valence-corrected chi connectivity index (χ4v) is 3.47. The Bertz CT molecular complexity index is 468. The van der Waals surface area contributed by atoms with Crippen LogP contribution in [0.25, 0.3) is 0 Å². The lowest BCUT2D eigenvalue weighted by atomic mass is 9.73. The maximum Gasteiger partial charge on any atom is 0.123 e. The highest BCUT2D eigenvalue weighted by Crippen LogP contribution is 2.44. The fourth-order valence-electron chi connectivity index (χ4n) is 3.47. The maximum absolute atomic E-state index is 5.98. The summed E-state index contributed by atoms with van der Waals surface area (Å²) in [4.78, 5) is 0. The molecule has 4 nitrogen and oxygen atoms in total. The summed E-state index contributed by atoms with van der Waals surface area (Å²) in [5.74, 6) is 7.53. The first-order chi connectivity index (χ1) is 10.1. The monoisotopic (exact) mass is 292 g/mol. The number of nitrogens with two attached hydrogens (primary N) is 1. The second-order valence-electron chi connectivity index (χ2n) is 6.30. The second-order valence-corrected chi connectivity index (χ2v) is 6.30. The Morgan fingerprint density at radius 2 is 1.95 bits per heavy atom. The number of ether oxygens (including phenoxy) is 2. The molecule has 1 aromatic rings. The van der Waals surface area contributed by atoms with Gasteiger partial charge in [0.2, 0.25) is 0 Å². The fraction of sp³-hybridized carbons (Fsp3) is 0.647. The number of hydrogen-bond acceptors (Lipinski definition) is 4. The first-order valence-electron chi connectivity index (χ1n) is 7.72. The van der Waals surface area contributed by atoms with Crippen molar-refractivity contribution in [2.75, 3.05) is 14.2 Å². The smallest absolute Gasteiger partial charge is 0.123 e. The van der Waals surface area contributed by atoms with E-state index < -0.39 is 0 Å². The largest absolute Gasteiger partial charge is 0.496 e. The van der Waals surface area contributed by atoms with E-state index in [2.05, 4.69) is 31.4 Å². The molecule has 0 spiro atoms. The predicted molar refractivity (Wildman–Crippen MR) is 85.2 cm³/mol. The number of rotatable bonds is 5. The minimum absolute atomic E-state index is 0.0650. The highest BCUT2D eigenvalue weighted by Gasteiger charge is 2.43. The average Bonchev–Trinajstić information content (AvgIpc) is 2.50. The van der Waals surface area contributed by atoms with Crippen LogP contribution in [0, 0.1) is 12.8 Å². The first-order valence-corrected chi connectivity index (χ1v) is 7.72. The topological polar surface area (TPSA) is 56.5 Å². The summed E-state index contributed by atoms with van der Waals surface area (Å²) in [6.07, 6.45) is 4.35. The molecule has 4 heteroatoms. The Morgan fingerprint density at radius 3 is 2.48 bits per heavy atom. The van der Waals surface area contributed by atoms with Crippen molar-refractivity contribution in [3.8, 4) is 5.75 Å². The van der Waals surface area contributed by atoms with E-state index in [1.54, 1.807) is 14.2 Å². The first kappa shape index (κ1) is 16.3. The van der Waals surface area contributed by atoms with E-state index in [0.29, 0.717) is 0 Å². The molecule has 118 valence electrons. The van der Waals surface area contributed by atoms with E-state index in [4.69, 9.17) is 15.3 Å². The van der Waals surface area contributed by atoms with Gasteiger partial charge in [0.05, 0.1) is 18.8 Å². The molecule has 0 radical (unpaired) electrons. The highest BCUT2D eigenvalue weighted by atomic mass is 16.5. The predicted octanol–water partition coefficient (Wildman–Crippen LogP) is 3.10. The minimum atomic E-state index is -0.262. The molecule has 0 aliphatic heterocycles. The Balaban J connectivity index is 2.40. The van der Waals surface area contributed by atoms with Crippen molar-refractivity contribution in [3.63, 3.8) is 0 Å². The summed E-state index contributed by atoms with van der Waals surface area (Å²) in [6, 6.07) is 6.13. The lowest BCUT2D eigenvalue weighted by Crippen LogP contribution is -2.50. The molecule has 0 bridgehead atoms. The molecule has 0 heterocycles. The van der Waals surface area contributed by atoms with Gasteiger partial charge in [-0.25, -0.2) is 5.43 Å². The Morgan fingerprint density at radius 1 is 1.29 bits per heavy atom. The van der Waals surface area contributed by atoms with Crippen LogP contribution < -0.4 is 16.0 Å². The van der Waals surface area contributed by atoms with Crippen molar-refractivity contribution in [3.05, 3.63) is 29.3 Å². The second kappa shape index (κ2) is 6.77. The van der Waals surface area contributed by atoms with Gasteiger partial charge in [-0.2, -0.15) is 0 Å². The van der Waals surface area contributed by atoms with Gasteiger partial charge in [0.1, 0.15) is 5.75 Å². The SMILES string of the molecule is COc1ccc(C)cc1C(NN)C1(OC)CCC(C)CC1. The zero-order valence-corrected chi connectivity index (χ0v) is 13.6. The summed E-state index contributed by atoms with van der Waals surface area (Å²) in [5, 5.41) is 0. The molecule has 21 heavy (non-hydrogen) atoms. The molecule has 1 atom stereocenters. The van der Waals surface area contributed by atoms with E-state index in [-0.39, 0.29) is 11.6 Å². The van der Waals surface area contributed by atoms with Crippen LogP contribution in [0.15, 0.2) is 18.2 Å². The van der Waals surface area contributed by atoms with Crippen molar-refractivity contribution in [1.82, 2.24) is 5.43 Å². The Hall–Kier alpha value is -1.10. The molecule has 0 amide bonds. The van der Waals surface area contributed by atoms with Crippen LogP contribution in [0.2, 0.25) is 0 Å². The van der Waals surface area contributed by atoms with Gasteiger partial charge in [-0.1, -0.05) is 24.6 Å². The third kappa shape index (κ3) is 3.23. The lowest BCUT2D eigenvalue weighted by molar-refractivity contribution is -0.0765. The quantitative estimate of drug-likeness (QED) is 0.647. The molecule has 1 fully saturated rings. The molecule has 1 unspecified atom stereocenters. The number of hydrogen-bond donors (Lipinski definition) is 2. The van der Waals surface area contributed by atoms with E-state index in [1.807, 2.05) is 6.07 Å². The molecule has 1 aliphatic rings. The standard InChI is InChI=1S/C17H28N2O2/c1-12-7-9-17(21-4,10-8-12)16(19-18)14-11-13(2)5-6-15(14)20-3/h5-6,11-12,16,19H,7-10,18H2,1-4H3. The third-order valence-corrected chi connectivity index (χ3v) is 4.92. The van der Waals surface area contributed by atoms with E-state index in [1.165, 1.54) is 18.4 Å². The van der Waals surface area contributed by atoms with Crippen LogP contribution in [0.4, 0.5) is 0 Å². The summed E-state index contributed by atoms with van der Waals surface area (Å²) in [6.45, 7) is 4.39. The molecule has 0 aromatic heterocycles. The Kier molecular flexibility index (Phi) is 5.25. The molecular weight excluding hydrogens is 264 g/mol. The summed E-state index contributed by atoms with van der Waals surface area (Å²) >= 11 is 0. The zero-order chi connectivity index (χ0) is 15.5. The molecule has 1 aromatic carbocycles. The lowest BCUT2D eigenvalue weighted by Gasteiger charge is -2.44. The number of nitrogens with one attached hydrogen (secondary N) is 1. The summed E-state index contributed by atoms with van der Waals surface area (Å²) in [7, 11) is 3.49. The van der Waals surface area contributed by atoms with Crippen molar-refractivity contribution in [2.24, 2.45) is 11.8 Å². The summed E-state index contributed by atoms with van der Waals surface area (Å²) in [5.41, 5.74) is 5.01. The Labute approximate surface area is 128 Å². The minimum Gasteiger partial charge on any atom is -0.496 e. The van der Waals surface area contributed by atoms with Gasteiger partial charge in [-0.15, -0.1) is 0 Å². The van der Waals surface area contributed by atoms with Gasteiger partial charge >= 0.3 is 0 Å². The molecule has 0 saturated heterocycles.